The lowest BCUT2D eigenvalue weighted by Gasteiger charge is -2.11. The predicted octanol–water partition coefficient (Wildman–Crippen LogP) is 8.54. The Morgan fingerprint density at radius 2 is 1.34 bits per heavy atom. The Morgan fingerprint density at radius 1 is 0.878 bits per heavy atom. The molecule has 1 unspecified atom stereocenters. The van der Waals surface area contributed by atoms with Gasteiger partial charge in [0.25, 0.3) is 0 Å². The number of rotatable bonds is 5. The third-order valence-corrected chi connectivity index (χ3v) is 5.59. The van der Waals surface area contributed by atoms with Crippen LogP contribution >= 0.6 is 0 Å². The molecule has 0 spiro atoms. The number of carboxylic acids is 1. The van der Waals surface area contributed by atoms with Crippen LogP contribution in [0.3, 0.4) is 0 Å². The van der Waals surface area contributed by atoms with Crippen molar-refractivity contribution in [1.82, 2.24) is 5.32 Å². The number of allylic oxidation sites excluding steroid dienone is 4. The Balaban J connectivity index is 0.000000598. The first kappa shape index (κ1) is 37.0. The van der Waals surface area contributed by atoms with Crippen molar-refractivity contribution < 1.29 is 27.9 Å². The van der Waals surface area contributed by atoms with Crippen LogP contribution in [0.2, 0.25) is 0 Å². The van der Waals surface area contributed by atoms with Gasteiger partial charge in [0.2, 0.25) is 0 Å². The number of nitrogens with one attached hydrogen (secondary N) is 1. The second-order valence-electron chi connectivity index (χ2n) is 9.36. The topological polar surface area (TPSA) is 66.4 Å². The zero-order valence-corrected chi connectivity index (χ0v) is 24.5. The number of benzene rings is 3. The van der Waals surface area contributed by atoms with Gasteiger partial charge in [-0.2, -0.15) is 13.2 Å². The number of halogens is 3. The quantitative estimate of drug-likeness (QED) is 0.323. The van der Waals surface area contributed by atoms with E-state index in [0.29, 0.717) is 6.42 Å². The van der Waals surface area contributed by atoms with Crippen LogP contribution in [-0.4, -0.2) is 37.1 Å². The maximum absolute atomic E-state index is 11.0. The number of aryl methyl sites for hydroxylation is 2. The summed E-state index contributed by atoms with van der Waals surface area (Å²) in [5.41, 5.74) is 7.48. The zero-order chi connectivity index (χ0) is 31.3. The number of carboxylic acid groups (broad SMARTS) is 1. The minimum atomic E-state index is -4.00. The van der Waals surface area contributed by atoms with E-state index in [1.165, 1.54) is 29.5 Å². The third kappa shape index (κ3) is 19.7. The fraction of sp³-hybridized carbons (Fsp3) is 0.294. The molecule has 2 N–H and O–H groups in total. The van der Waals surface area contributed by atoms with Crippen LogP contribution in [-0.2, 0) is 16.0 Å². The van der Waals surface area contributed by atoms with Crippen LogP contribution in [0.5, 0.6) is 0 Å². The Morgan fingerprint density at radius 3 is 1.68 bits per heavy atom. The molecule has 0 amide bonds. The molecule has 0 heterocycles. The first-order valence-electron chi connectivity index (χ1n) is 13.1. The lowest BCUT2D eigenvalue weighted by Crippen LogP contribution is -2.35. The smallest absolute Gasteiger partial charge is 0.386 e. The van der Waals surface area contributed by atoms with Gasteiger partial charge in [0.15, 0.2) is 0 Å². The van der Waals surface area contributed by atoms with Gasteiger partial charge in [-0.3, -0.25) is 4.79 Å². The van der Waals surface area contributed by atoms with Crippen LogP contribution < -0.4 is 5.32 Å². The summed E-state index contributed by atoms with van der Waals surface area (Å²) in [7, 11) is 1.66. The van der Waals surface area contributed by atoms with Crippen molar-refractivity contribution >= 4 is 12.8 Å². The lowest BCUT2D eigenvalue weighted by atomic mass is 10.0. The predicted molar refractivity (Wildman–Crippen MR) is 163 cm³/mol. The molecular weight excluding hydrogens is 527 g/mol. The summed E-state index contributed by atoms with van der Waals surface area (Å²) in [4.78, 5) is 19.0. The van der Waals surface area contributed by atoms with Crippen molar-refractivity contribution in [2.75, 3.05) is 7.05 Å². The van der Waals surface area contributed by atoms with Crippen LogP contribution in [0, 0.1) is 13.8 Å². The molecule has 1 atom stereocenters. The van der Waals surface area contributed by atoms with E-state index in [1.807, 2.05) is 49.3 Å². The molecule has 7 heteroatoms. The average molecular weight is 570 g/mol. The molecule has 1 aliphatic carbocycles. The van der Waals surface area contributed by atoms with Crippen LogP contribution in [0.1, 0.15) is 43.4 Å². The molecule has 0 aromatic heterocycles. The number of carbonyl (C=O) groups is 2. The molecule has 41 heavy (non-hydrogen) atoms. The number of alkyl halides is 3. The van der Waals surface area contributed by atoms with Crippen molar-refractivity contribution in [3.8, 4) is 11.1 Å². The van der Waals surface area contributed by atoms with Gasteiger partial charge in [-0.1, -0.05) is 114 Å². The van der Waals surface area contributed by atoms with Crippen LogP contribution in [0.4, 0.5) is 13.2 Å². The van der Waals surface area contributed by atoms with E-state index in [0.717, 1.165) is 16.7 Å². The molecule has 0 bridgehead atoms. The van der Waals surface area contributed by atoms with E-state index in [1.54, 1.807) is 7.05 Å². The maximum Gasteiger partial charge on any atom is 0.386 e. The molecule has 0 saturated heterocycles. The molecule has 1 aliphatic rings. The van der Waals surface area contributed by atoms with E-state index in [9.17, 15) is 18.0 Å². The van der Waals surface area contributed by atoms with Gasteiger partial charge in [0.05, 0.1) is 0 Å². The van der Waals surface area contributed by atoms with E-state index < -0.39 is 18.2 Å². The van der Waals surface area contributed by atoms with Crippen molar-refractivity contribution in [3.63, 3.8) is 0 Å². The Labute approximate surface area is 242 Å². The van der Waals surface area contributed by atoms with Gasteiger partial charge >= 0.3 is 12.1 Å². The summed E-state index contributed by atoms with van der Waals surface area (Å²) in [6, 6.07) is 26.1. The standard InChI is InChI=1S/C16H17NO2.C8H10.C7H10.C2H3F3.CH2O/c1-17-15(16(18)19)11-12-7-9-14(10-8-12)13-5-3-2-4-6-13;1-7-3-5-8(2)6-4-7;1-7-5-3-2-4-6-7;1-2(3,4)5;1-2/h2-10,15,17H,11H2,1H3,(H,18,19);3-6H,1-2H3;2-3,5H,4,6H2,1H3;1H3;1H2. The van der Waals surface area contributed by atoms with Gasteiger partial charge in [-0.15, -0.1) is 0 Å². The number of hydrogen-bond donors (Lipinski definition) is 2. The van der Waals surface area contributed by atoms with Gasteiger partial charge in [-0.05, 0) is 63.8 Å². The largest absolute Gasteiger partial charge is 0.480 e. The maximum atomic E-state index is 11.0. The highest BCUT2D eigenvalue weighted by atomic mass is 19.4. The van der Waals surface area contributed by atoms with E-state index in [2.05, 4.69) is 80.7 Å². The first-order valence-corrected chi connectivity index (χ1v) is 13.1. The summed E-state index contributed by atoms with van der Waals surface area (Å²) in [6.45, 7) is 8.55. The fourth-order valence-electron chi connectivity index (χ4n) is 3.37. The number of likely N-dealkylation sites (N-methyl/N-ethyl adjacent to an activating group) is 1. The number of hydrogen-bond acceptors (Lipinski definition) is 3. The van der Waals surface area contributed by atoms with Crippen molar-refractivity contribution in [2.24, 2.45) is 0 Å². The summed E-state index contributed by atoms with van der Waals surface area (Å²) >= 11 is 0. The molecule has 0 saturated carbocycles. The van der Waals surface area contributed by atoms with Crippen LogP contribution in [0.25, 0.3) is 11.1 Å². The second-order valence-corrected chi connectivity index (χ2v) is 9.36. The Hall–Kier alpha value is -3.97. The second kappa shape index (κ2) is 20.9. The minimum absolute atomic E-state index is 0.188. The van der Waals surface area contributed by atoms with E-state index in [-0.39, 0.29) is 6.92 Å². The number of carbonyl (C=O) groups excluding carboxylic acids is 1. The fourth-order valence-corrected chi connectivity index (χ4v) is 3.37. The van der Waals surface area contributed by atoms with Gasteiger partial charge < -0.3 is 15.2 Å². The molecule has 0 radical (unpaired) electrons. The first-order chi connectivity index (χ1) is 19.4. The van der Waals surface area contributed by atoms with Crippen LogP contribution in [0.15, 0.2) is 103 Å². The molecule has 3 aromatic rings. The highest BCUT2D eigenvalue weighted by Crippen LogP contribution is 2.19. The Bertz CT molecular complexity index is 1140. The molecule has 0 aliphatic heterocycles. The SMILES string of the molecule is C=O.CC(F)(F)F.CC1=CC=CCC1.CNC(Cc1ccc(-c2ccccc2)cc1)C(=O)O.Cc1ccc(C)cc1. The normalized spacial score (nSPS) is 12.2. The lowest BCUT2D eigenvalue weighted by molar-refractivity contribution is -0.139. The average Bonchev–Trinajstić information content (AvgIpc) is 2.95. The molecule has 4 rings (SSSR count). The van der Waals surface area contributed by atoms with Gasteiger partial charge in [0, 0.05) is 6.92 Å². The molecule has 4 nitrogen and oxygen atoms in total. The monoisotopic (exact) mass is 569 g/mol. The summed E-state index contributed by atoms with van der Waals surface area (Å²) in [5.74, 6) is -0.824. The Kier molecular flexibility index (Phi) is 18.8. The zero-order valence-electron chi connectivity index (χ0n) is 24.5. The number of aliphatic carboxylic acids is 1. The van der Waals surface area contributed by atoms with E-state index in [4.69, 9.17) is 9.90 Å². The summed E-state index contributed by atoms with van der Waals surface area (Å²) in [5, 5.41) is 11.8. The van der Waals surface area contributed by atoms with Gasteiger partial charge in [-0.25, -0.2) is 0 Å². The van der Waals surface area contributed by atoms with Crippen molar-refractivity contribution in [2.45, 2.75) is 59.2 Å². The summed E-state index contributed by atoms with van der Waals surface area (Å²) < 4.78 is 31.1. The highest BCUT2D eigenvalue weighted by Gasteiger charge is 2.16. The molecule has 3 aromatic carbocycles. The molecule has 0 fully saturated rings. The van der Waals surface area contributed by atoms with Crippen molar-refractivity contribution in [1.29, 1.82) is 0 Å². The highest BCUT2D eigenvalue weighted by molar-refractivity contribution is 5.74. The van der Waals surface area contributed by atoms with Crippen molar-refractivity contribution in [3.05, 3.63) is 119 Å². The third-order valence-electron chi connectivity index (χ3n) is 5.59. The minimum Gasteiger partial charge on any atom is -0.480 e. The van der Waals surface area contributed by atoms with Gasteiger partial charge in [0.1, 0.15) is 12.8 Å². The summed E-state index contributed by atoms with van der Waals surface area (Å²) in [6.07, 6.45) is 5.48. The van der Waals surface area contributed by atoms with E-state index >= 15 is 0 Å². The molecular formula is C34H42F3NO3. The molecule has 222 valence electrons.